The summed E-state index contributed by atoms with van der Waals surface area (Å²) >= 11 is 0. The maximum atomic E-state index is 13.0. The average Bonchev–Trinajstić information content (AvgIpc) is 3.02. The van der Waals surface area contributed by atoms with E-state index >= 15 is 0 Å². The van der Waals surface area contributed by atoms with Crippen LogP contribution in [0, 0.1) is 0 Å². The van der Waals surface area contributed by atoms with E-state index in [1.807, 2.05) is 48.5 Å². The van der Waals surface area contributed by atoms with Gasteiger partial charge in [-0.25, -0.2) is 5.11 Å². The van der Waals surface area contributed by atoms with Gasteiger partial charge in [-0.3, -0.25) is 0 Å². The first kappa shape index (κ1) is 15.7. The summed E-state index contributed by atoms with van der Waals surface area (Å²) in [5.74, 6) is 0. The molecular weight excluding hydrogens is 282 g/mol. The summed E-state index contributed by atoms with van der Waals surface area (Å²) in [6.45, 7) is 0.898. The Morgan fingerprint density at radius 2 is 1.70 bits per heavy atom. The molecule has 1 atom stereocenters. The van der Waals surface area contributed by atoms with Gasteiger partial charge in [-0.05, 0) is 48.4 Å². The van der Waals surface area contributed by atoms with Crippen molar-refractivity contribution in [3.8, 4) is 0 Å². The minimum atomic E-state index is -0.846. The van der Waals surface area contributed by atoms with Gasteiger partial charge >= 0.3 is 0 Å². The van der Waals surface area contributed by atoms with Gasteiger partial charge in [0.25, 0.3) is 0 Å². The van der Waals surface area contributed by atoms with Gasteiger partial charge < -0.3 is 4.90 Å². The number of rotatable bonds is 5. The van der Waals surface area contributed by atoms with Crippen molar-refractivity contribution >= 4 is 5.57 Å². The van der Waals surface area contributed by atoms with Crippen molar-refractivity contribution < 1.29 is 5.11 Å². The van der Waals surface area contributed by atoms with Gasteiger partial charge in [0.1, 0.15) is 6.10 Å². The van der Waals surface area contributed by atoms with Crippen LogP contribution in [0.15, 0.2) is 72.3 Å². The topological polar surface area (TPSA) is 23.1 Å². The van der Waals surface area contributed by atoms with Crippen LogP contribution in [0.5, 0.6) is 0 Å². The minimum absolute atomic E-state index is 0.820. The van der Waals surface area contributed by atoms with Crippen molar-refractivity contribution in [3.63, 3.8) is 0 Å². The molecule has 0 amide bonds. The Kier molecular flexibility index (Phi) is 4.75. The molecule has 0 fully saturated rings. The van der Waals surface area contributed by atoms with Gasteiger partial charge in [-0.15, -0.1) is 0 Å². The number of hydrogen-bond donors (Lipinski definition) is 0. The van der Waals surface area contributed by atoms with E-state index in [0.717, 1.165) is 29.7 Å². The largest absolute Gasteiger partial charge is 0.305 e. The Morgan fingerprint density at radius 3 is 2.43 bits per heavy atom. The second kappa shape index (κ2) is 6.95. The molecule has 1 aliphatic carbocycles. The lowest BCUT2D eigenvalue weighted by Crippen LogP contribution is -2.15. The van der Waals surface area contributed by atoms with E-state index in [1.54, 1.807) is 0 Å². The Morgan fingerprint density at radius 1 is 1.00 bits per heavy atom. The van der Waals surface area contributed by atoms with Crippen LogP contribution >= 0.6 is 0 Å². The smallest absolute Gasteiger partial charge is 0.144 e. The molecule has 117 valence electrons. The van der Waals surface area contributed by atoms with Crippen LogP contribution in [0.2, 0.25) is 0 Å². The van der Waals surface area contributed by atoms with Crippen LogP contribution in [-0.2, 0) is 5.11 Å². The molecule has 1 unspecified atom stereocenters. The van der Waals surface area contributed by atoms with Crippen LogP contribution in [0.3, 0.4) is 0 Å². The second-order valence-electron chi connectivity index (χ2n) is 6.23. The molecule has 2 nitrogen and oxygen atoms in total. The number of benzene rings is 2. The molecule has 1 radical (unpaired) electrons. The number of hydrogen-bond acceptors (Lipinski definition) is 1. The maximum absolute atomic E-state index is 13.0. The quantitative estimate of drug-likeness (QED) is 0.798. The van der Waals surface area contributed by atoms with Gasteiger partial charge in [-0.1, -0.05) is 66.7 Å². The third kappa shape index (κ3) is 3.44. The molecule has 23 heavy (non-hydrogen) atoms. The highest BCUT2D eigenvalue weighted by Crippen LogP contribution is 2.35. The minimum Gasteiger partial charge on any atom is -0.305 e. The van der Waals surface area contributed by atoms with Gasteiger partial charge in [0, 0.05) is 6.54 Å². The summed E-state index contributed by atoms with van der Waals surface area (Å²) in [4.78, 5) is 2.17. The van der Waals surface area contributed by atoms with E-state index in [2.05, 4.69) is 37.2 Å². The molecule has 0 spiro atoms. The van der Waals surface area contributed by atoms with Crippen molar-refractivity contribution in [2.24, 2.45) is 0 Å². The van der Waals surface area contributed by atoms with Crippen LogP contribution in [0.1, 0.15) is 29.2 Å². The van der Waals surface area contributed by atoms with Crippen LogP contribution < -0.4 is 0 Å². The molecule has 0 heterocycles. The standard InChI is InChI=1S/C21H22NO/c1-22(2)15-17-11-8-14-18(17)19-12-6-7-13-20(19)21(23)16-9-4-3-5-10-16/h3-13,21H,14-15H2,1-2H3. The fraction of sp³-hybridized carbons (Fsp3) is 0.238. The highest BCUT2D eigenvalue weighted by molar-refractivity contribution is 5.77. The van der Waals surface area contributed by atoms with Gasteiger partial charge in [0.2, 0.25) is 0 Å². The van der Waals surface area contributed by atoms with Gasteiger partial charge in [0.15, 0.2) is 0 Å². The summed E-state index contributed by atoms with van der Waals surface area (Å²) in [6.07, 6.45) is 4.43. The summed E-state index contributed by atoms with van der Waals surface area (Å²) in [7, 11) is 4.14. The van der Waals surface area contributed by atoms with E-state index in [0.29, 0.717) is 0 Å². The van der Waals surface area contributed by atoms with E-state index in [9.17, 15) is 5.11 Å². The van der Waals surface area contributed by atoms with E-state index in [4.69, 9.17) is 0 Å². The fourth-order valence-corrected chi connectivity index (χ4v) is 3.13. The monoisotopic (exact) mass is 304 g/mol. The number of allylic oxidation sites excluding steroid dienone is 2. The van der Waals surface area contributed by atoms with Crippen LogP contribution in [0.4, 0.5) is 0 Å². The molecule has 0 aliphatic heterocycles. The highest BCUT2D eigenvalue weighted by atomic mass is 16.3. The third-order valence-electron chi connectivity index (χ3n) is 4.19. The first-order valence-electron chi connectivity index (χ1n) is 8.00. The molecule has 2 heteroatoms. The lowest BCUT2D eigenvalue weighted by molar-refractivity contribution is 0.124. The van der Waals surface area contributed by atoms with Crippen molar-refractivity contribution in [3.05, 3.63) is 89.0 Å². The average molecular weight is 304 g/mol. The lowest BCUT2D eigenvalue weighted by atomic mass is 9.90. The first-order valence-corrected chi connectivity index (χ1v) is 8.00. The SMILES string of the molecule is CN(C)CC1=C(c2ccccc2C([O])c2ccccc2)CC=C1. The van der Waals surface area contributed by atoms with Crippen molar-refractivity contribution in [1.29, 1.82) is 0 Å². The first-order chi connectivity index (χ1) is 11.2. The fourth-order valence-electron chi connectivity index (χ4n) is 3.13. The van der Waals surface area contributed by atoms with Gasteiger partial charge in [-0.2, -0.15) is 0 Å². The number of likely N-dealkylation sites (N-methyl/N-ethyl adjacent to an activating group) is 1. The normalized spacial score (nSPS) is 15.5. The van der Waals surface area contributed by atoms with E-state index in [-0.39, 0.29) is 0 Å². The van der Waals surface area contributed by atoms with Crippen molar-refractivity contribution in [2.45, 2.75) is 12.5 Å². The molecule has 2 aromatic carbocycles. The number of nitrogens with zero attached hydrogens (tertiary/aromatic N) is 1. The van der Waals surface area contributed by atoms with Crippen molar-refractivity contribution in [1.82, 2.24) is 4.90 Å². The maximum Gasteiger partial charge on any atom is 0.144 e. The molecular formula is C21H22NO. The molecule has 0 aromatic heterocycles. The second-order valence-corrected chi connectivity index (χ2v) is 6.23. The lowest BCUT2D eigenvalue weighted by Gasteiger charge is -2.18. The molecule has 3 rings (SSSR count). The third-order valence-corrected chi connectivity index (χ3v) is 4.19. The zero-order valence-corrected chi connectivity index (χ0v) is 13.7. The summed E-state index contributed by atoms with van der Waals surface area (Å²) in [6, 6.07) is 17.7. The predicted octanol–water partition coefficient (Wildman–Crippen LogP) is 4.48. The molecule has 0 bridgehead atoms. The Labute approximate surface area is 138 Å². The summed E-state index contributed by atoms with van der Waals surface area (Å²) in [5, 5.41) is 13.0. The molecule has 0 saturated carbocycles. The Bertz CT molecular complexity index is 729. The molecule has 2 aromatic rings. The predicted molar refractivity (Wildman–Crippen MR) is 94.6 cm³/mol. The Hall–Kier alpha value is -2.16. The molecule has 0 saturated heterocycles. The van der Waals surface area contributed by atoms with E-state index < -0.39 is 6.10 Å². The van der Waals surface area contributed by atoms with Gasteiger partial charge in [0.05, 0.1) is 0 Å². The summed E-state index contributed by atoms with van der Waals surface area (Å²) < 4.78 is 0. The summed E-state index contributed by atoms with van der Waals surface area (Å²) in [5.41, 5.74) is 5.38. The molecule has 0 N–H and O–H groups in total. The van der Waals surface area contributed by atoms with Crippen molar-refractivity contribution in [2.75, 3.05) is 20.6 Å². The zero-order chi connectivity index (χ0) is 16.2. The van der Waals surface area contributed by atoms with E-state index in [1.165, 1.54) is 11.1 Å². The Balaban J connectivity index is 2.02. The highest BCUT2D eigenvalue weighted by Gasteiger charge is 2.20. The van der Waals surface area contributed by atoms with Crippen LogP contribution in [-0.4, -0.2) is 25.5 Å². The zero-order valence-electron chi connectivity index (χ0n) is 13.7. The molecule has 1 aliphatic rings. The van der Waals surface area contributed by atoms with Crippen LogP contribution in [0.25, 0.3) is 5.57 Å².